The second-order valence-electron chi connectivity index (χ2n) is 6.34. The summed E-state index contributed by atoms with van der Waals surface area (Å²) in [6.07, 6.45) is 13.9. The van der Waals surface area contributed by atoms with Crippen LogP contribution in [0.2, 0.25) is 0 Å². The van der Waals surface area contributed by atoms with Crippen LogP contribution in [0.3, 0.4) is 0 Å². The zero-order chi connectivity index (χ0) is 20.1. The zero-order valence-corrected chi connectivity index (χ0v) is 16.5. The maximum atomic E-state index is 14.4. The minimum atomic E-state index is -0.467. The summed E-state index contributed by atoms with van der Waals surface area (Å²) in [5.41, 5.74) is 3.86. The molecule has 0 nitrogen and oxygen atoms in total. The third-order valence-corrected chi connectivity index (χ3v) is 3.99. The van der Waals surface area contributed by atoms with Gasteiger partial charge in [0.05, 0.1) is 0 Å². The molecule has 0 heterocycles. The average Bonchev–Trinajstić information content (AvgIpc) is 2.62. The first-order valence-corrected chi connectivity index (χ1v) is 9.08. The first-order valence-electron chi connectivity index (χ1n) is 9.08. The molecule has 0 aliphatic rings. The standard InChI is InChI=1S/C25H33F/c1-9-11-12-13-20(4)15-17-22(6)24(8)25(26)18-23(7)21(5)16-14-19(3)10-2/h14-18H,3-13H2,1-2H3/b16-14-,17-15-,25-18+. The van der Waals surface area contributed by atoms with Crippen molar-refractivity contribution in [2.45, 2.75) is 46.0 Å². The number of halogens is 1. The van der Waals surface area contributed by atoms with Crippen molar-refractivity contribution in [3.63, 3.8) is 0 Å². The molecule has 1 heteroatoms. The molecule has 0 bridgehead atoms. The summed E-state index contributed by atoms with van der Waals surface area (Å²) in [5, 5.41) is 0. The molecule has 0 radical (unpaired) electrons. The maximum Gasteiger partial charge on any atom is 0.131 e. The minimum Gasteiger partial charge on any atom is -0.206 e. The lowest BCUT2D eigenvalue weighted by Gasteiger charge is -2.06. The smallest absolute Gasteiger partial charge is 0.131 e. The minimum absolute atomic E-state index is 0.235. The van der Waals surface area contributed by atoms with Crippen molar-refractivity contribution in [3.05, 3.63) is 109 Å². The van der Waals surface area contributed by atoms with Crippen LogP contribution in [0.5, 0.6) is 0 Å². The van der Waals surface area contributed by atoms with Crippen molar-refractivity contribution < 1.29 is 4.39 Å². The molecule has 0 fully saturated rings. The lowest BCUT2D eigenvalue weighted by molar-refractivity contribution is 0.655. The van der Waals surface area contributed by atoms with E-state index in [4.69, 9.17) is 0 Å². The van der Waals surface area contributed by atoms with Gasteiger partial charge in [-0.1, -0.05) is 102 Å². The van der Waals surface area contributed by atoms with Crippen LogP contribution in [0.4, 0.5) is 4.39 Å². The van der Waals surface area contributed by atoms with Crippen LogP contribution in [0.25, 0.3) is 0 Å². The number of hydrogen-bond acceptors (Lipinski definition) is 0. The molecule has 0 spiro atoms. The fourth-order valence-electron chi connectivity index (χ4n) is 1.93. The van der Waals surface area contributed by atoms with E-state index in [1.165, 1.54) is 18.9 Å². The van der Waals surface area contributed by atoms with E-state index < -0.39 is 5.83 Å². The molecule has 0 unspecified atom stereocenters. The van der Waals surface area contributed by atoms with Crippen LogP contribution in [-0.4, -0.2) is 0 Å². The Bertz CT molecular complexity index is 662. The van der Waals surface area contributed by atoms with Crippen LogP contribution in [0.15, 0.2) is 109 Å². The van der Waals surface area contributed by atoms with Crippen LogP contribution in [-0.2, 0) is 0 Å². The lowest BCUT2D eigenvalue weighted by atomic mass is 10.0. The lowest BCUT2D eigenvalue weighted by Crippen LogP contribution is -1.88. The predicted molar refractivity (Wildman–Crippen MR) is 117 cm³/mol. The summed E-state index contributed by atoms with van der Waals surface area (Å²) in [5.74, 6) is -0.467. The van der Waals surface area contributed by atoms with E-state index in [-0.39, 0.29) is 5.57 Å². The molecule has 0 aromatic carbocycles. The van der Waals surface area contributed by atoms with Gasteiger partial charge in [0.25, 0.3) is 0 Å². The van der Waals surface area contributed by atoms with Gasteiger partial charge in [0, 0.05) is 5.57 Å². The largest absolute Gasteiger partial charge is 0.206 e. The number of unbranched alkanes of at least 4 members (excludes halogenated alkanes) is 2. The maximum absolute atomic E-state index is 14.4. The van der Waals surface area contributed by atoms with Crippen molar-refractivity contribution >= 4 is 0 Å². The van der Waals surface area contributed by atoms with Crippen molar-refractivity contribution in [2.24, 2.45) is 0 Å². The third-order valence-electron chi connectivity index (χ3n) is 3.99. The highest BCUT2D eigenvalue weighted by Crippen LogP contribution is 2.23. The molecule has 0 aromatic heterocycles. The molecule has 0 saturated carbocycles. The molecule has 140 valence electrons. The van der Waals surface area contributed by atoms with Crippen LogP contribution < -0.4 is 0 Å². The molecule has 0 N–H and O–H groups in total. The Kier molecular flexibility index (Phi) is 11.7. The van der Waals surface area contributed by atoms with Gasteiger partial charge in [-0.2, -0.15) is 0 Å². The van der Waals surface area contributed by atoms with Gasteiger partial charge < -0.3 is 0 Å². The summed E-state index contributed by atoms with van der Waals surface area (Å²) in [6, 6.07) is 0. The molecule has 0 aromatic rings. The van der Waals surface area contributed by atoms with Gasteiger partial charge in [0.1, 0.15) is 5.83 Å². The molecule has 0 saturated heterocycles. The first-order chi connectivity index (χ1) is 12.2. The Hall–Kier alpha value is -2.41. The van der Waals surface area contributed by atoms with Crippen LogP contribution in [0.1, 0.15) is 46.0 Å². The van der Waals surface area contributed by atoms with Gasteiger partial charge >= 0.3 is 0 Å². The van der Waals surface area contributed by atoms with E-state index in [0.717, 1.165) is 30.4 Å². The molecule has 0 rings (SSSR count). The van der Waals surface area contributed by atoms with E-state index in [1.54, 1.807) is 12.2 Å². The Balaban J connectivity index is 4.79. The number of hydrogen-bond donors (Lipinski definition) is 0. The van der Waals surface area contributed by atoms with E-state index in [9.17, 15) is 4.39 Å². The summed E-state index contributed by atoms with van der Waals surface area (Å²) in [4.78, 5) is 0. The highest BCUT2D eigenvalue weighted by molar-refractivity contribution is 5.52. The summed E-state index contributed by atoms with van der Waals surface area (Å²) >= 11 is 0. The average molecular weight is 353 g/mol. The van der Waals surface area contributed by atoms with Gasteiger partial charge in [-0.05, 0) is 42.1 Å². The molecule has 0 amide bonds. The quantitative estimate of drug-likeness (QED) is 0.231. The summed E-state index contributed by atoms with van der Waals surface area (Å²) in [6.45, 7) is 27.5. The fourth-order valence-corrected chi connectivity index (χ4v) is 1.93. The Morgan fingerprint density at radius 3 is 1.88 bits per heavy atom. The van der Waals surface area contributed by atoms with E-state index in [0.29, 0.717) is 16.7 Å². The SMILES string of the molecule is C=C(/C=C\C(=C)C(=C)/C=C(/F)C(=C)C(=C)/C=C\C(=C)CCCCC)CC. The monoisotopic (exact) mass is 352 g/mol. The van der Waals surface area contributed by atoms with Crippen LogP contribution in [0, 0.1) is 0 Å². The second kappa shape index (κ2) is 12.9. The molecule has 0 atom stereocenters. The summed E-state index contributed by atoms with van der Waals surface area (Å²) < 4.78 is 14.4. The van der Waals surface area contributed by atoms with Crippen molar-refractivity contribution in [2.75, 3.05) is 0 Å². The fraction of sp³-hybridized carbons (Fsp3) is 0.280. The summed E-state index contributed by atoms with van der Waals surface area (Å²) in [7, 11) is 0. The predicted octanol–water partition coefficient (Wildman–Crippen LogP) is 8.28. The zero-order valence-electron chi connectivity index (χ0n) is 16.5. The third kappa shape index (κ3) is 9.78. The van der Waals surface area contributed by atoms with Crippen molar-refractivity contribution in [3.8, 4) is 0 Å². The Morgan fingerprint density at radius 2 is 1.31 bits per heavy atom. The van der Waals surface area contributed by atoms with Gasteiger partial charge in [-0.15, -0.1) is 0 Å². The number of allylic oxidation sites excluding steroid dienone is 12. The normalized spacial score (nSPS) is 11.7. The van der Waals surface area contributed by atoms with Gasteiger partial charge in [0.2, 0.25) is 0 Å². The highest BCUT2D eigenvalue weighted by Gasteiger charge is 2.05. The Morgan fingerprint density at radius 1 is 0.731 bits per heavy atom. The second-order valence-corrected chi connectivity index (χ2v) is 6.34. The van der Waals surface area contributed by atoms with Crippen molar-refractivity contribution in [1.29, 1.82) is 0 Å². The van der Waals surface area contributed by atoms with Crippen molar-refractivity contribution in [1.82, 2.24) is 0 Å². The highest BCUT2D eigenvalue weighted by atomic mass is 19.1. The van der Waals surface area contributed by atoms with E-state index in [2.05, 4.69) is 46.4 Å². The molecule has 26 heavy (non-hydrogen) atoms. The van der Waals surface area contributed by atoms with E-state index in [1.807, 2.05) is 19.1 Å². The molecule has 0 aliphatic carbocycles. The topological polar surface area (TPSA) is 0 Å². The molecular weight excluding hydrogens is 319 g/mol. The first kappa shape index (κ1) is 23.6. The van der Waals surface area contributed by atoms with Crippen LogP contribution >= 0.6 is 0 Å². The van der Waals surface area contributed by atoms with Gasteiger partial charge in [0.15, 0.2) is 0 Å². The van der Waals surface area contributed by atoms with Gasteiger partial charge in [-0.3, -0.25) is 0 Å². The van der Waals surface area contributed by atoms with Gasteiger partial charge in [-0.25, -0.2) is 4.39 Å². The van der Waals surface area contributed by atoms with E-state index >= 15 is 0 Å². The molecular formula is C25H33F. The molecule has 0 aliphatic heterocycles. The number of rotatable bonds is 13. The Labute approximate surface area is 159 Å².